The van der Waals surface area contributed by atoms with E-state index < -0.39 is 0 Å². The molecule has 1 aliphatic heterocycles. The molecule has 0 bridgehead atoms. The Morgan fingerprint density at radius 3 is 2.94 bits per heavy atom. The molecule has 0 radical (unpaired) electrons. The van der Waals surface area contributed by atoms with Gasteiger partial charge in [0.25, 0.3) is 0 Å². The van der Waals surface area contributed by atoms with Crippen molar-refractivity contribution in [2.45, 2.75) is 18.4 Å². The molecule has 2 N–H and O–H groups in total. The summed E-state index contributed by atoms with van der Waals surface area (Å²) in [4.78, 5) is 0. The Hall–Kier alpha value is -1.74. The zero-order chi connectivity index (χ0) is 11.7. The number of rotatable bonds is 2. The van der Waals surface area contributed by atoms with E-state index in [2.05, 4.69) is 6.07 Å². The predicted molar refractivity (Wildman–Crippen MR) is 64.9 cm³/mol. The Bertz CT molecular complexity index is 493. The van der Waals surface area contributed by atoms with Gasteiger partial charge in [-0.3, -0.25) is 0 Å². The second-order valence-corrected chi connectivity index (χ2v) is 4.36. The van der Waals surface area contributed by atoms with Gasteiger partial charge in [-0.2, -0.15) is 0 Å². The van der Waals surface area contributed by atoms with E-state index in [-0.39, 0.29) is 6.04 Å². The first-order chi connectivity index (χ1) is 8.36. The Morgan fingerprint density at radius 1 is 1.24 bits per heavy atom. The zero-order valence-corrected chi connectivity index (χ0v) is 9.50. The summed E-state index contributed by atoms with van der Waals surface area (Å²) in [6.07, 6.45) is 4.34. The van der Waals surface area contributed by atoms with Crippen LogP contribution in [0.4, 0.5) is 0 Å². The molecule has 3 nitrogen and oxygen atoms in total. The van der Waals surface area contributed by atoms with Gasteiger partial charge in [0.1, 0.15) is 5.75 Å². The van der Waals surface area contributed by atoms with Gasteiger partial charge in [-0.1, -0.05) is 18.2 Å². The highest BCUT2D eigenvalue weighted by Gasteiger charge is 2.27. The quantitative estimate of drug-likeness (QED) is 0.861. The lowest BCUT2D eigenvalue weighted by molar-refractivity contribution is 0.255. The van der Waals surface area contributed by atoms with Crippen LogP contribution >= 0.6 is 0 Å². The average molecular weight is 229 g/mol. The maximum Gasteiger partial charge on any atom is 0.122 e. The summed E-state index contributed by atoms with van der Waals surface area (Å²) in [6, 6.07) is 10.0. The van der Waals surface area contributed by atoms with Gasteiger partial charge < -0.3 is 14.9 Å². The standard InChI is InChI=1S/C14H15NO2/c15-14(10-5-7-16-9-10)12-6-8-17-13-4-2-1-3-11(12)13/h1-5,7,9,12,14H,6,8,15H2. The largest absolute Gasteiger partial charge is 0.493 e. The van der Waals surface area contributed by atoms with Crippen LogP contribution in [0, 0.1) is 0 Å². The second-order valence-electron chi connectivity index (χ2n) is 4.36. The number of para-hydroxylation sites is 1. The third-order valence-corrected chi connectivity index (χ3v) is 3.37. The number of ether oxygens (including phenoxy) is 1. The molecule has 1 aliphatic rings. The SMILES string of the molecule is NC(c1ccoc1)C1CCOc2ccccc21. The third-order valence-electron chi connectivity index (χ3n) is 3.37. The van der Waals surface area contributed by atoms with E-state index in [9.17, 15) is 0 Å². The van der Waals surface area contributed by atoms with Crippen molar-refractivity contribution in [1.82, 2.24) is 0 Å². The van der Waals surface area contributed by atoms with Crippen molar-refractivity contribution < 1.29 is 9.15 Å². The van der Waals surface area contributed by atoms with Crippen LogP contribution in [-0.4, -0.2) is 6.61 Å². The molecule has 3 heteroatoms. The summed E-state index contributed by atoms with van der Waals surface area (Å²) in [5.41, 5.74) is 8.56. The molecule has 0 saturated carbocycles. The average Bonchev–Trinajstić information content (AvgIpc) is 2.91. The molecule has 1 aromatic heterocycles. The van der Waals surface area contributed by atoms with E-state index in [4.69, 9.17) is 14.9 Å². The van der Waals surface area contributed by atoms with Crippen molar-refractivity contribution in [2.75, 3.05) is 6.61 Å². The first-order valence-corrected chi connectivity index (χ1v) is 5.85. The fraction of sp³-hybridized carbons (Fsp3) is 0.286. The van der Waals surface area contributed by atoms with Crippen molar-refractivity contribution in [3.63, 3.8) is 0 Å². The number of furan rings is 1. The van der Waals surface area contributed by atoms with Gasteiger partial charge >= 0.3 is 0 Å². The van der Waals surface area contributed by atoms with E-state index in [0.717, 1.165) is 24.3 Å². The molecule has 1 aromatic carbocycles. The second kappa shape index (κ2) is 4.26. The third kappa shape index (κ3) is 1.83. The highest BCUT2D eigenvalue weighted by atomic mass is 16.5. The van der Waals surface area contributed by atoms with Gasteiger partial charge in [-0.25, -0.2) is 0 Å². The molecule has 17 heavy (non-hydrogen) atoms. The summed E-state index contributed by atoms with van der Waals surface area (Å²) < 4.78 is 10.7. The zero-order valence-electron chi connectivity index (χ0n) is 9.50. The van der Waals surface area contributed by atoms with E-state index >= 15 is 0 Å². The minimum absolute atomic E-state index is 0.0289. The van der Waals surface area contributed by atoms with Gasteiger partial charge in [-0.05, 0) is 24.1 Å². The highest BCUT2D eigenvalue weighted by molar-refractivity contribution is 5.39. The van der Waals surface area contributed by atoms with Crippen LogP contribution in [-0.2, 0) is 0 Å². The number of benzene rings is 1. The molecule has 2 aromatic rings. The molecule has 2 heterocycles. The number of hydrogen-bond acceptors (Lipinski definition) is 3. The van der Waals surface area contributed by atoms with Crippen LogP contribution in [0.25, 0.3) is 0 Å². The van der Waals surface area contributed by atoms with E-state index in [1.165, 1.54) is 5.56 Å². The predicted octanol–water partition coefficient (Wildman–Crippen LogP) is 2.85. The summed E-state index contributed by atoms with van der Waals surface area (Å²) in [7, 11) is 0. The summed E-state index contributed by atoms with van der Waals surface area (Å²) in [5, 5.41) is 0. The normalized spacial score (nSPS) is 20.4. The van der Waals surface area contributed by atoms with Gasteiger partial charge in [-0.15, -0.1) is 0 Å². The molecule has 0 spiro atoms. The molecular formula is C14H15NO2. The number of fused-ring (bicyclic) bond motifs is 1. The summed E-state index contributed by atoms with van der Waals surface area (Å²) >= 11 is 0. The Morgan fingerprint density at radius 2 is 2.12 bits per heavy atom. The van der Waals surface area contributed by atoms with Crippen molar-refractivity contribution in [3.05, 3.63) is 54.0 Å². The molecule has 0 aliphatic carbocycles. The molecule has 88 valence electrons. The Balaban J connectivity index is 1.95. The van der Waals surface area contributed by atoms with E-state index in [1.807, 2.05) is 24.3 Å². The summed E-state index contributed by atoms with van der Waals surface area (Å²) in [5.74, 6) is 1.26. The van der Waals surface area contributed by atoms with Gasteiger partial charge in [0.05, 0.1) is 19.1 Å². The van der Waals surface area contributed by atoms with Crippen molar-refractivity contribution in [2.24, 2.45) is 5.73 Å². The molecule has 0 saturated heterocycles. The van der Waals surface area contributed by atoms with E-state index in [0.29, 0.717) is 5.92 Å². The topological polar surface area (TPSA) is 48.4 Å². The molecule has 2 atom stereocenters. The molecule has 0 fully saturated rings. The van der Waals surface area contributed by atoms with Crippen LogP contribution in [0.5, 0.6) is 5.75 Å². The lowest BCUT2D eigenvalue weighted by atomic mass is 9.84. The van der Waals surface area contributed by atoms with Crippen LogP contribution in [0.2, 0.25) is 0 Å². The van der Waals surface area contributed by atoms with Crippen molar-refractivity contribution in [3.8, 4) is 5.75 Å². The minimum atomic E-state index is -0.0289. The van der Waals surface area contributed by atoms with Crippen LogP contribution in [0.1, 0.15) is 29.5 Å². The molecule has 2 unspecified atom stereocenters. The van der Waals surface area contributed by atoms with Gasteiger partial charge in [0.15, 0.2) is 0 Å². The first-order valence-electron chi connectivity index (χ1n) is 5.85. The van der Waals surface area contributed by atoms with Crippen LogP contribution in [0.15, 0.2) is 47.3 Å². The Kier molecular flexibility index (Phi) is 2.61. The molecule has 0 amide bonds. The van der Waals surface area contributed by atoms with Crippen LogP contribution < -0.4 is 10.5 Å². The van der Waals surface area contributed by atoms with Crippen molar-refractivity contribution >= 4 is 0 Å². The maximum absolute atomic E-state index is 6.31. The Labute approximate surface area is 100 Å². The van der Waals surface area contributed by atoms with Crippen molar-refractivity contribution in [1.29, 1.82) is 0 Å². The molecular weight excluding hydrogens is 214 g/mol. The van der Waals surface area contributed by atoms with E-state index in [1.54, 1.807) is 12.5 Å². The highest BCUT2D eigenvalue weighted by Crippen LogP contribution is 2.40. The fourth-order valence-corrected chi connectivity index (χ4v) is 2.44. The fourth-order valence-electron chi connectivity index (χ4n) is 2.44. The smallest absolute Gasteiger partial charge is 0.122 e. The number of hydrogen-bond donors (Lipinski definition) is 1. The summed E-state index contributed by atoms with van der Waals surface area (Å²) in [6.45, 7) is 0.729. The molecule has 3 rings (SSSR count). The lowest BCUT2D eigenvalue weighted by Crippen LogP contribution is -2.25. The van der Waals surface area contributed by atoms with Gasteiger partial charge in [0, 0.05) is 17.5 Å². The first kappa shape index (κ1) is 10.4. The number of nitrogens with two attached hydrogens (primary N) is 1. The van der Waals surface area contributed by atoms with Crippen LogP contribution in [0.3, 0.4) is 0 Å². The maximum atomic E-state index is 6.31. The monoisotopic (exact) mass is 229 g/mol. The lowest BCUT2D eigenvalue weighted by Gasteiger charge is -2.29. The minimum Gasteiger partial charge on any atom is -0.493 e. The van der Waals surface area contributed by atoms with Gasteiger partial charge in [0.2, 0.25) is 0 Å².